The lowest BCUT2D eigenvalue weighted by molar-refractivity contribution is 0.0742. The molecule has 2 saturated heterocycles. The van der Waals surface area contributed by atoms with Crippen molar-refractivity contribution in [2.24, 2.45) is 0 Å². The van der Waals surface area contributed by atoms with Crippen LogP contribution in [0.5, 0.6) is 0 Å². The topological polar surface area (TPSA) is 59.3 Å². The van der Waals surface area contributed by atoms with E-state index in [2.05, 4.69) is 25.3 Å². The smallest absolute Gasteiger partial charge is 0.165 e. The molecule has 1 atom stereocenters. The van der Waals surface area contributed by atoms with Crippen molar-refractivity contribution < 1.29 is 4.74 Å². The zero-order valence-electron chi connectivity index (χ0n) is 13.2. The van der Waals surface area contributed by atoms with Crippen LogP contribution < -0.4 is 0 Å². The van der Waals surface area contributed by atoms with E-state index in [1.54, 1.807) is 0 Å². The Balaban J connectivity index is 1.29. The first-order valence-electron chi connectivity index (χ1n) is 8.71. The van der Waals surface area contributed by atoms with E-state index in [1.807, 2.05) is 4.68 Å². The maximum atomic E-state index is 5.77. The third-order valence-electron chi connectivity index (χ3n) is 4.99. The molecule has 0 amide bonds. The van der Waals surface area contributed by atoms with E-state index in [0.717, 1.165) is 45.2 Å². The van der Waals surface area contributed by atoms with Gasteiger partial charge in [0.1, 0.15) is 0 Å². The average Bonchev–Trinajstić information content (AvgIpc) is 3.12. The molecule has 22 heavy (non-hydrogen) atoms. The molecule has 0 radical (unpaired) electrons. The molecule has 1 unspecified atom stereocenters. The molecule has 2 aliphatic heterocycles. The van der Waals surface area contributed by atoms with Crippen molar-refractivity contribution in [3.05, 3.63) is 5.82 Å². The van der Waals surface area contributed by atoms with Gasteiger partial charge in [0.15, 0.2) is 5.82 Å². The Hall–Kier alpha value is -1.05. The summed E-state index contributed by atoms with van der Waals surface area (Å²) < 4.78 is 7.81. The van der Waals surface area contributed by atoms with Crippen molar-refractivity contribution >= 4 is 0 Å². The summed E-state index contributed by atoms with van der Waals surface area (Å²) in [6.07, 6.45) is 6.61. The molecule has 1 aliphatic carbocycles. The highest BCUT2D eigenvalue weighted by molar-refractivity contribution is 4.90. The Morgan fingerprint density at radius 3 is 2.68 bits per heavy atom. The largest absolute Gasteiger partial charge is 0.377 e. The Morgan fingerprint density at radius 1 is 1.00 bits per heavy atom. The summed E-state index contributed by atoms with van der Waals surface area (Å²) in [6.45, 7) is 7.50. The average molecular weight is 306 g/mol. The van der Waals surface area contributed by atoms with E-state index in [-0.39, 0.29) is 0 Å². The normalized spacial score (nSPS) is 28.1. The highest BCUT2D eigenvalue weighted by Gasteiger charge is 2.28. The molecule has 3 heterocycles. The van der Waals surface area contributed by atoms with Crippen LogP contribution in [0, 0.1) is 0 Å². The summed E-state index contributed by atoms with van der Waals surface area (Å²) in [5, 5.41) is 12.2. The Bertz CT molecular complexity index is 482. The predicted molar refractivity (Wildman–Crippen MR) is 81.4 cm³/mol. The van der Waals surface area contributed by atoms with Crippen molar-refractivity contribution in [2.75, 3.05) is 39.3 Å². The van der Waals surface area contributed by atoms with E-state index in [1.165, 1.54) is 38.6 Å². The fourth-order valence-corrected chi connectivity index (χ4v) is 3.56. The van der Waals surface area contributed by atoms with Crippen LogP contribution in [0.2, 0.25) is 0 Å². The van der Waals surface area contributed by atoms with Crippen molar-refractivity contribution in [1.29, 1.82) is 0 Å². The standard InChI is InChI=1S/C15H26N6O/c1-3-14(22-10-1)11-19-6-2-7-20(9-8-19)12-15-16-17-18-21(15)13-4-5-13/h13-14H,1-12H2. The van der Waals surface area contributed by atoms with E-state index in [4.69, 9.17) is 4.74 Å². The number of rotatable bonds is 5. The van der Waals surface area contributed by atoms with Gasteiger partial charge in [-0.3, -0.25) is 9.80 Å². The number of hydrogen-bond donors (Lipinski definition) is 0. The SMILES string of the molecule is C1COC(CN2CCCN(Cc3nnnn3C3CC3)CC2)C1. The third-order valence-corrected chi connectivity index (χ3v) is 4.99. The van der Waals surface area contributed by atoms with Gasteiger partial charge in [-0.15, -0.1) is 5.10 Å². The minimum atomic E-state index is 0.466. The molecular weight excluding hydrogens is 280 g/mol. The molecule has 0 aromatic carbocycles. The van der Waals surface area contributed by atoms with Crippen molar-refractivity contribution in [1.82, 2.24) is 30.0 Å². The second kappa shape index (κ2) is 6.60. The molecule has 1 aromatic heterocycles. The number of nitrogens with zero attached hydrogens (tertiary/aromatic N) is 6. The van der Waals surface area contributed by atoms with Gasteiger partial charge in [0, 0.05) is 26.2 Å². The summed E-state index contributed by atoms with van der Waals surface area (Å²) in [5.74, 6) is 1.04. The third kappa shape index (κ3) is 3.47. The van der Waals surface area contributed by atoms with Crippen LogP contribution in [0.1, 0.15) is 44.0 Å². The summed E-state index contributed by atoms with van der Waals surface area (Å²) in [4.78, 5) is 5.07. The highest BCUT2D eigenvalue weighted by Crippen LogP contribution is 2.34. The molecule has 122 valence electrons. The maximum Gasteiger partial charge on any atom is 0.165 e. The fourth-order valence-electron chi connectivity index (χ4n) is 3.56. The Labute approximate surface area is 131 Å². The number of ether oxygens (including phenoxy) is 1. The van der Waals surface area contributed by atoms with Crippen molar-refractivity contribution in [3.63, 3.8) is 0 Å². The van der Waals surface area contributed by atoms with Gasteiger partial charge in [-0.25, -0.2) is 4.68 Å². The molecule has 7 nitrogen and oxygen atoms in total. The molecule has 0 N–H and O–H groups in total. The lowest BCUT2D eigenvalue weighted by Crippen LogP contribution is -2.35. The number of hydrogen-bond acceptors (Lipinski definition) is 6. The van der Waals surface area contributed by atoms with Gasteiger partial charge in [-0.05, 0) is 55.6 Å². The highest BCUT2D eigenvalue weighted by atomic mass is 16.5. The van der Waals surface area contributed by atoms with Crippen LogP contribution in [-0.2, 0) is 11.3 Å². The first kappa shape index (κ1) is 14.5. The Kier molecular flexibility index (Phi) is 4.36. The molecular formula is C15H26N6O. The maximum absolute atomic E-state index is 5.77. The van der Waals surface area contributed by atoms with Gasteiger partial charge in [-0.2, -0.15) is 0 Å². The Morgan fingerprint density at radius 2 is 1.86 bits per heavy atom. The van der Waals surface area contributed by atoms with Crippen LogP contribution >= 0.6 is 0 Å². The van der Waals surface area contributed by atoms with Gasteiger partial charge >= 0.3 is 0 Å². The summed E-state index contributed by atoms with van der Waals surface area (Å²) in [5.41, 5.74) is 0. The van der Waals surface area contributed by atoms with Crippen molar-refractivity contribution in [3.8, 4) is 0 Å². The first-order chi connectivity index (χ1) is 10.9. The molecule has 0 spiro atoms. The minimum absolute atomic E-state index is 0.466. The fraction of sp³-hybridized carbons (Fsp3) is 0.933. The molecule has 0 bridgehead atoms. The van der Waals surface area contributed by atoms with Gasteiger partial charge in [-0.1, -0.05) is 0 Å². The van der Waals surface area contributed by atoms with Crippen molar-refractivity contribution in [2.45, 2.75) is 50.8 Å². The molecule has 3 fully saturated rings. The van der Waals surface area contributed by atoms with Gasteiger partial charge in [0.05, 0.1) is 18.7 Å². The monoisotopic (exact) mass is 306 g/mol. The van der Waals surface area contributed by atoms with Gasteiger partial charge in [0.25, 0.3) is 0 Å². The summed E-state index contributed by atoms with van der Waals surface area (Å²) in [7, 11) is 0. The van der Waals surface area contributed by atoms with Crippen LogP contribution in [-0.4, -0.2) is 75.4 Å². The van der Waals surface area contributed by atoms with Gasteiger partial charge in [0.2, 0.25) is 0 Å². The molecule has 7 heteroatoms. The minimum Gasteiger partial charge on any atom is -0.377 e. The van der Waals surface area contributed by atoms with E-state index >= 15 is 0 Å². The second-order valence-electron chi connectivity index (χ2n) is 6.84. The van der Waals surface area contributed by atoms with Crippen LogP contribution in [0.15, 0.2) is 0 Å². The molecule has 1 saturated carbocycles. The van der Waals surface area contributed by atoms with Crippen LogP contribution in [0.3, 0.4) is 0 Å². The number of aromatic nitrogens is 4. The molecule has 1 aromatic rings. The number of tetrazole rings is 1. The first-order valence-corrected chi connectivity index (χ1v) is 8.71. The lowest BCUT2D eigenvalue weighted by atomic mass is 10.2. The van der Waals surface area contributed by atoms with E-state index in [0.29, 0.717) is 12.1 Å². The molecule has 4 rings (SSSR count). The van der Waals surface area contributed by atoms with E-state index < -0.39 is 0 Å². The quantitative estimate of drug-likeness (QED) is 0.798. The summed E-state index contributed by atoms with van der Waals surface area (Å²) >= 11 is 0. The second-order valence-corrected chi connectivity index (χ2v) is 6.84. The zero-order valence-corrected chi connectivity index (χ0v) is 13.2. The van der Waals surface area contributed by atoms with Gasteiger partial charge < -0.3 is 4.74 Å². The summed E-state index contributed by atoms with van der Waals surface area (Å²) in [6, 6.07) is 0.563. The molecule has 3 aliphatic rings. The van der Waals surface area contributed by atoms with Crippen LogP contribution in [0.4, 0.5) is 0 Å². The lowest BCUT2D eigenvalue weighted by Gasteiger charge is -2.23. The van der Waals surface area contributed by atoms with Crippen LogP contribution in [0.25, 0.3) is 0 Å². The predicted octanol–water partition coefficient (Wildman–Crippen LogP) is 0.695. The van der Waals surface area contributed by atoms with E-state index in [9.17, 15) is 0 Å². The zero-order chi connectivity index (χ0) is 14.8.